The number of hydrogen-bond donors (Lipinski definition) is 14. The van der Waals surface area contributed by atoms with Gasteiger partial charge in [0.25, 0.3) is 0 Å². The number of benzene rings is 4. The van der Waals surface area contributed by atoms with Gasteiger partial charge in [-0.15, -0.1) is 0 Å². The second-order valence-electron chi connectivity index (χ2n) is 18.0. The molecule has 3 fully saturated rings. The van der Waals surface area contributed by atoms with Crippen LogP contribution in [0.5, 0.6) is 46.0 Å². The Morgan fingerprint density at radius 3 is 1.71 bits per heavy atom. The molecule has 5 aromatic rings. The average Bonchev–Trinajstić information content (AvgIpc) is 3.49. The smallest absolute Gasteiger partial charge is 0.402 e. The molecule has 6 unspecified atom stereocenters. The molecule has 4 heterocycles. The molecule has 418 valence electrons. The lowest BCUT2D eigenvalue weighted by Crippen LogP contribution is -2.65. The van der Waals surface area contributed by atoms with Crippen molar-refractivity contribution in [2.45, 2.75) is 92.1 Å². The zero-order chi connectivity index (χ0) is 56.1. The fraction of sp³-hybridized carbons (Fsp3) is 0.365. The van der Waals surface area contributed by atoms with Crippen LogP contribution in [-0.2, 0) is 38.0 Å². The van der Waals surface area contributed by atoms with Gasteiger partial charge in [0.1, 0.15) is 103 Å². The van der Waals surface area contributed by atoms with Crippen molar-refractivity contribution in [3.63, 3.8) is 0 Å². The molecule has 0 radical (unpaired) electrons. The molecule has 1 aromatic heterocycles. The summed E-state index contributed by atoms with van der Waals surface area (Å²) < 4.78 is 57.9. The molecule has 0 aliphatic carbocycles. The fourth-order valence-electron chi connectivity index (χ4n) is 8.38. The monoisotopic (exact) mass is 1100 g/mol. The van der Waals surface area contributed by atoms with E-state index in [1.54, 1.807) is 0 Å². The summed E-state index contributed by atoms with van der Waals surface area (Å²) in [7, 11) is 1.33. The Kier molecular flexibility index (Phi) is 17.8. The van der Waals surface area contributed by atoms with Crippen LogP contribution in [0, 0.1) is 0 Å². The quantitative estimate of drug-likeness (QED) is 0.0244. The first-order valence-corrected chi connectivity index (χ1v) is 23.8. The molecule has 26 nitrogen and oxygen atoms in total. The van der Waals surface area contributed by atoms with Crippen molar-refractivity contribution in [2.24, 2.45) is 0 Å². The minimum atomic E-state index is -2.13. The van der Waals surface area contributed by atoms with Gasteiger partial charge in [0, 0.05) is 24.3 Å². The number of aliphatic hydroxyl groups excluding tert-OH is 9. The maximum Gasteiger partial charge on any atom is 0.402 e. The third-order valence-electron chi connectivity index (χ3n) is 12.7. The van der Waals surface area contributed by atoms with Gasteiger partial charge in [-0.25, -0.2) is 14.0 Å². The van der Waals surface area contributed by atoms with Gasteiger partial charge in [0.05, 0.1) is 25.3 Å². The molecule has 4 aromatic carbocycles. The Bertz CT molecular complexity index is 2970. The molecule has 0 amide bonds. The molecule has 3 aliphatic rings. The van der Waals surface area contributed by atoms with E-state index in [2.05, 4.69) is 0 Å². The number of rotatable bonds is 17. The zero-order valence-corrected chi connectivity index (χ0v) is 40.8. The van der Waals surface area contributed by atoms with Gasteiger partial charge in [0.2, 0.25) is 18.3 Å². The molecule has 8 rings (SSSR count). The van der Waals surface area contributed by atoms with Gasteiger partial charge in [-0.1, -0.05) is 12.1 Å². The third kappa shape index (κ3) is 12.8. The Labute approximate surface area is 440 Å². The van der Waals surface area contributed by atoms with E-state index in [-0.39, 0.29) is 56.6 Å². The lowest BCUT2D eigenvalue weighted by molar-refractivity contribution is -0.358. The van der Waals surface area contributed by atoms with Crippen molar-refractivity contribution in [1.29, 1.82) is 0 Å². The maximum atomic E-state index is 13.0. The predicted octanol–water partition coefficient (Wildman–Crippen LogP) is -0.372. The van der Waals surface area contributed by atoms with E-state index in [0.717, 1.165) is 30.4 Å². The van der Waals surface area contributed by atoms with Gasteiger partial charge in [0.15, 0.2) is 35.4 Å². The molecule has 3 saturated heterocycles. The maximum absolute atomic E-state index is 13.0. The fourth-order valence-corrected chi connectivity index (χ4v) is 8.38. The number of ether oxygens (including phenoxy) is 9. The summed E-state index contributed by atoms with van der Waals surface area (Å²) in [6.07, 6.45) is -23.9. The first-order chi connectivity index (χ1) is 37.2. The van der Waals surface area contributed by atoms with Gasteiger partial charge in [-0.05, 0) is 71.8 Å². The summed E-state index contributed by atoms with van der Waals surface area (Å²) in [6, 6.07) is 16.7. The molecule has 3 aliphatic heterocycles. The van der Waals surface area contributed by atoms with Crippen molar-refractivity contribution >= 4 is 35.1 Å². The van der Waals surface area contributed by atoms with E-state index in [9.17, 15) is 81.1 Å². The number of hydrogen-bond acceptors (Lipinski definition) is 25. The summed E-state index contributed by atoms with van der Waals surface area (Å²) in [5.41, 5.74) is 0.734. The Morgan fingerprint density at radius 2 is 1.09 bits per heavy atom. The lowest BCUT2D eigenvalue weighted by atomic mass is 9.97. The molecule has 78 heavy (non-hydrogen) atoms. The molecular weight excluding hydrogens is 1040 g/mol. The van der Waals surface area contributed by atoms with Crippen molar-refractivity contribution < 1.29 is 128 Å². The lowest BCUT2D eigenvalue weighted by Gasteiger charge is -2.45. The predicted molar refractivity (Wildman–Crippen MR) is 261 cm³/mol. The Hall–Kier alpha value is -7.41. The van der Waals surface area contributed by atoms with Crippen LogP contribution >= 0.6 is 0 Å². The number of fused-ring (bicyclic) bond motifs is 1. The largest absolute Gasteiger partial charge is 0.508 e. The van der Waals surface area contributed by atoms with Crippen molar-refractivity contribution in [3.8, 4) is 57.3 Å². The van der Waals surface area contributed by atoms with E-state index in [0.29, 0.717) is 5.56 Å². The van der Waals surface area contributed by atoms with Crippen LogP contribution in [0.2, 0.25) is 0 Å². The second-order valence-corrected chi connectivity index (χ2v) is 18.0. The molecule has 0 spiro atoms. The summed E-state index contributed by atoms with van der Waals surface area (Å²) >= 11 is 0. The van der Waals surface area contributed by atoms with Gasteiger partial charge >= 0.3 is 23.3 Å². The van der Waals surface area contributed by atoms with Crippen molar-refractivity contribution in [1.82, 2.24) is 0 Å². The number of esters is 2. The van der Waals surface area contributed by atoms with Crippen LogP contribution in [0.25, 0.3) is 34.4 Å². The number of carbonyl (C=O) groups is 2. The van der Waals surface area contributed by atoms with Crippen LogP contribution < -0.4 is 14.2 Å². The number of aliphatic hydroxyl groups is 9. The highest BCUT2D eigenvalue weighted by atomic mass is 16.8. The molecular formula is C52H55O26+. The Balaban J connectivity index is 1.12. The van der Waals surface area contributed by atoms with E-state index >= 15 is 0 Å². The normalized spacial score (nSPS) is 29.3. The average molecular weight is 1100 g/mol. The first kappa shape index (κ1) is 56.8. The molecule has 15 atom stereocenters. The van der Waals surface area contributed by atoms with Crippen molar-refractivity contribution in [2.75, 3.05) is 26.9 Å². The standard InChI is InChI=1S/C52H54O26/c1-69-33-15-23(3-11-29(33)57)5-13-39(60)71-21-37-42(63)45(66)49(78-51-47(68)44(65)41(62)36(76-51)20-70-38(59)12-4-22-2-10-28(56)30(58)14-22)52(77-37)74-34-18-27-31(72-48(34)24-6-8-25(54)9-7-24)16-26(55)17-32(27)73-50-46(67)43(64)40(61)35(19-53)75-50/h2-18,35-37,40-47,49-53,61-68H,19-21H2,1H3,(H4-,54,55,56,57,58,59,60)/p+1/t35?,36?,37?,40-,41-,42-,43+,44+,45+,46?,47?,49?,50-,51+,52-/m1/s1. The number of carbonyl (C=O) groups excluding carboxylic acids is 2. The summed E-state index contributed by atoms with van der Waals surface area (Å²) in [5.74, 6) is -4.40. The summed E-state index contributed by atoms with van der Waals surface area (Å²) in [6.45, 7) is -2.36. The molecule has 0 bridgehead atoms. The van der Waals surface area contributed by atoms with E-state index < -0.39 is 141 Å². The minimum absolute atomic E-state index is 0.0729. The van der Waals surface area contributed by atoms with E-state index in [4.69, 9.17) is 47.0 Å². The number of phenolic OH excluding ortho intramolecular Hbond substituents is 5. The van der Waals surface area contributed by atoms with E-state index in [1.165, 1.54) is 79.9 Å². The highest BCUT2D eigenvalue weighted by Crippen LogP contribution is 2.43. The number of methoxy groups -OCH3 is 1. The summed E-state index contributed by atoms with van der Waals surface area (Å²) in [5, 5.41) is 148. The topological polar surface area (TPSA) is 412 Å². The third-order valence-corrected chi connectivity index (χ3v) is 12.7. The molecule has 14 N–H and O–H groups in total. The van der Waals surface area contributed by atoms with Crippen molar-refractivity contribution in [3.05, 3.63) is 102 Å². The molecule has 26 heteroatoms. The summed E-state index contributed by atoms with van der Waals surface area (Å²) in [4.78, 5) is 25.8. The number of phenols is 5. The highest BCUT2D eigenvalue weighted by Gasteiger charge is 2.53. The van der Waals surface area contributed by atoms with Crippen LogP contribution in [0.1, 0.15) is 11.1 Å². The number of aromatic hydroxyl groups is 5. The van der Waals surface area contributed by atoms with Crippen LogP contribution in [0.15, 0.2) is 95.4 Å². The zero-order valence-electron chi connectivity index (χ0n) is 40.8. The van der Waals surface area contributed by atoms with E-state index in [1.807, 2.05) is 0 Å². The van der Waals surface area contributed by atoms with Crippen LogP contribution in [0.3, 0.4) is 0 Å². The minimum Gasteiger partial charge on any atom is -0.508 e. The van der Waals surface area contributed by atoms with Crippen LogP contribution in [-0.4, -0.2) is 202 Å². The van der Waals surface area contributed by atoms with Gasteiger partial charge < -0.3 is 114 Å². The first-order valence-electron chi connectivity index (χ1n) is 23.8. The SMILES string of the molecule is COc1cc(/C=C/C(=O)OCC2O[C@@H](Oc3cc4c(O[C@@H]5OC(CO)[C@@H](O)[C@H](O)C5O)cc(O)cc4[o+]c3-c3ccc(O)cc3)C(O[C@@H]3OC(COC(=O)/C=C/c4ccc(O)c(O)c4)[C@@H](O)[C@H](O)C3O)[C@@H](O)[C@@H]2O)ccc1O. The van der Waals surface area contributed by atoms with Gasteiger partial charge in [-0.2, -0.15) is 0 Å². The van der Waals surface area contributed by atoms with Crippen LogP contribution in [0.4, 0.5) is 0 Å². The Morgan fingerprint density at radius 1 is 0.538 bits per heavy atom. The van der Waals surface area contributed by atoms with Gasteiger partial charge in [-0.3, -0.25) is 0 Å². The highest BCUT2D eigenvalue weighted by molar-refractivity contribution is 5.89. The second kappa shape index (κ2) is 24.5. The molecule has 0 saturated carbocycles.